The Hall–Kier alpha value is -1.56. The maximum absolute atomic E-state index is 10.7. The first-order chi connectivity index (χ1) is 7.19. The molecule has 0 fully saturated rings. The first kappa shape index (κ1) is 11.5. The zero-order valence-corrected chi connectivity index (χ0v) is 8.98. The van der Waals surface area contributed by atoms with Crippen LogP contribution in [-0.4, -0.2) is 22.8 Å². The third-order valence-corrected chi connectivity index (χ3v) is 1.87. The van der Waals surface area contributed by atoms with Gasteiger partial charge in [-0.1, -0.05) is 12.2 Å². The average molecular weight is 226 g/mol. The Morgan fingerprint density at radius 1 is 1.73 bits per heavy atom. The van der Waals surface area contributed by atoms with Crippen molar-refractivity contribution in [2.45, 2.75) is 0 Å². The van der Waals surface area contributed by atoms with Crippen LogP contribution in [0.3, 0.4) is 0 Å². The normalized spacial score (nSPS) is 10.5. The van der Waals surface area contributed by atoms with Gasteiger partial charge < -0.3 is 4.74 Å². The van der Waals surface area contributed by atoms with E-state index < -0.39 is 4.92 Å². The van der Waals surface area contributed by atoms with Crippen LogP contribution in [0.15, 0.2) is 18.3 Å². The lowest BCUT2D eigenvalue weighted by atomic mass is 10.2. The van der Waals surface area contributed by atoms with E-state index in [1.165, 1.54) is 19.4 Å². The summed E-state index contributed by atoms with van der Waals surface area (Å²) >= 11 is 3.99. The largest absolute Gasteiger partial charge is 0.476 e. The van der Waals surface area contributed by atoms with Crippen molar-refractivity contribution in [2.75, 3.05) is 12.9 Å². The Kier molecular flexibility index (Phi) is 4.11. The molecule has 0 amide bonds. The molecule has 0 aliphatic rings. The Bertz CT molecular complexity index is 393. The molecule has 0 atom stereocenters. The van der Waals surface area contributed by atoms with E-state index in [1.807, 2.05) is 0 Å². The highest BCUT2D eigenvalue weighted by molar-refractivity contribution is 7.80. The zero-order valence-electron chi connectivity index (χ0n) is 8.08. The molecule has 0 aromatic carbocycles. The minimum absolute atomic E-state index is 0.0167. The number of nitrogens with zero attached hydrogens (tertiary/aromatic N) is 2. The van der Waals surface area contributed by atoms with Crippen molar-refractivity contribution >= 4 is 24.4 Å². The maximum atomic E-state index is 10.7. The van der Waals surface area contributed by atoms with Gasteiger partial charge >= 0.3 is 5.69 Å². The fourth-order valence-electron chi connectivity index (χ4n) is 1.02. The Morgan fingerprint density at radius 2 is 2.47 bits per heavy atom. The Labute approximate surface area is 92.3 Å². The molecule has 6 heteroatoms. The van der Waals surface area contributed by atoms with E-state index in [1.54, 1.807) is 12.2 Å². The van der Waals surface area contributed by atoms with Gasteiger partial charge in [0.2, 0.25) is 0 Å². The van der Waals surface area contributed by atoms with Gasteiger partial charge in [0.15, 0.2) is 0 Å². The van der Waals surface area contributed by atoms with Gasteiger partial charge in [0.1, 0.15) is 0 Å². The molecule has 15 heavy (non-hydrogen) atoms. The molecule has 1 aromatic heterocycles. The number of hydrogen-bond donors (Lipinski definition) is 1. The van der Waals surface area contributed by atoms with E-state index in [9.17, 15) is 10.1 Å². The molecule has 1 rings (SSSR count). The summed E-state index contributed by atoms with van der Waals surface area (Å²) < 4.78 is 4.77. The van der Waals surface area contributed by atoms with E-state index in [4.69, 9.17) is 4.74 Å². The van der Waals surface area contributed by atoms with Gasteiger partial charge in [-0.25, -0.2) is 4.98 Å². The zero-order chi connectivity index (χ0) is 11.3. The molecular formula is C9H10N2O3S. The minimum Gasteiger partial charge on any atom is -0.476 e. The third kappa shape index (κ3) is 2.95. The van der Waals surface area contributed by atoms with Crippen LogP contribution in [0.2, 0.25) is 0 Å². The molecule has 0 radical (unpaired) electrons. The number of aromatic nitrogens is 1. The molecule has 0 saturated heterocycles. The number of methoxy groups -OCH3 is 1. The van der Waals surface area contributed by atoms with Crippen LogP contribution in [0.5, 0.6) is 5.88 Å². The van der Waals surface area contributed by atoms with Crippen LogP contribution in [0.25, 0.3) is 6.08 Å². The van der Waals surface area contributed by atoms with Gasteiger partial charge in [-0.3, -0.25) is 10.1 Å². The molecule has 0 aliphatic carbocycles. The second-order valence-electron chi connectivity index (χ2n) is 2.64. The second kappa shape index (κ2) is 5.35. The van der Waals surface area contributed by atoms with E-state index in [2.05, 4.69) is 17.6 Å². The van der Waals surface area contributed by atoms with Crippen LogP contribution in [0.1, 0.15) is 5.56 Å². The van der Waals surface area contributed by atoms with E-state index in [0.717, 1.165) is 0 Å². The van der Waals surface area contributed by atoms with Crippen molar-refractivity contribution in [3.05, 3.63) is 34.0 Å². The number of pyridine rings is 1. The van der Waals surface area contributed by atoms with Crippen LogP contribution in [-0.2, 0) is 0 Å². The van der Waals surface area contributed by atoms with Crippen molar-refractivity contribution in [3.8, 4) is 5.88 Å². The Balaban J connectivity index is 3.10. The highest BCUT2D eigenvalue weighted by Gasteiger charge is 2.15. The van der Waals surface area contributed by atoms with Gasteiger partial charge in [-0.2, -0.15) is 12.6 Å². The lowest BCUT2D eigenvalue weighted by molar-refractivity contribution is -0.386. The Morgan fingerprint density at radius 3 is 3.00 bits per heavy atom. The minimum atomic E-state index is -0.524. The number of hydrogen-bond acceptors (Lipinski definition) is 5. The summed E-state index contributed by atoms with van der Waals surface area (Å²) in [6.45, 7) is 0. The number of nitro groups is 1. The number of thiol groups is 1. The fourth-order valence-corrected chi connectivity index (χ4v) is 1.13. The molecule has 0 spiro atoms. The van der Waals surface area contributed by atoms with E-state index in [0.29, 0.717) is 11.3 Å². The number of ether oxygens (including phenoxy) is 1. The molecule has 0 aliphatic heterocycles. The van der Waals surface area contributed by atoms with Crippen LogP contribution in [0.4, 0.5) is 5.69 Å². The predicted molar refractivity (Wildman–Crippen MR) is 60.3 cm³/mol. The molecule has 80 valence electrons. The van der Waals surface area contributed by atoms with Crippen molar-refractivity contribution in [1.82, 2.24) is 4.98 Å². The summed E-state index contributed by atoms with van der Waals surface area (Å²) in [6, 6.07) is 1.41. The van der Waals surface area contributed by atoms with Crippen molar-refractivity contribution < 1.29 is 9.66 Å². The summed E-state index contributed by atoms with van der Waals surface area (Å²) in [7, 11) is 1.35. The van der Waals surface area contributed by atoms with Crippen LogP contribution in [0, 0.1) is 10.1 Å². The average Bonchev–Trinajstić information content (AvgIpc) is 2.25. The first-order valence-corrected chi connectivity index (χ1v) is 4.78. The topological polar surface area (TPSA) is 65.3 Å². The summed E-state index contributed by atoms with van der Waals surface area (Å²) in [6.07, 6.45) is 4.99. The predicted octanol–water partition coefficient (Wildman–Crippen LogP) is 1.94. The summed E-state index contributed by atoms with van der Waals surface area (Å²) in [5.74, 6) is 0.586. The summed E-state index contributed by atoms with van der Waals surface area (Å²) in [4.78, 5) is 14.0. The molecule has 1 heterocycles. The smallest absolute Gasteiger partial charge is 0.331 e. The molecular weight excluding hydrogens is 216 g/mol. The summed E-state index contributed by atoms with van der Waals surface area (Å²) in [5, 5.41) is 10.7. The lowest BCUT2D eigenvalue weighted by Crippen LogP contribution is -1.96. The molecule has 0 saturated carbocycles. The SMILES string of the molecule is COc1ncc(C=CCS)cc1[N+](=O)[O-]. The molecule has 1 aromatic rings. The highest BCUT2D eigenvalue weighted by Crippen LogP contribution is 2.24. The van der Waals surface area contributed by atoms with E-state index in [-0.39, 0.29) is 11.6 Å². The quantitative estimate of drug-likeness (QED) is 0.484. The van der Waals surface area contributed by atoms with Crippen molar-refractivity contribution in [1.29, 1.82) is 0 Å². The fraction of sp³-hybridized carbons (Fsp3) is 0.222. The van der Waals surface area contributed by atoms with E-state index >= 15 is 0 Å². The number of rotatable bonds is 4. The van der Waals surface area contributed by atoms with Gasteiger partial charge in [0.05, 0.1) is 12.0 Å². The lowest BCUT2D eigenvalue weighted by Gasteiger charge is -2.00. The van der Waals surface area contributed by atoms with Gasteiger partial charge in [0, 0.05) is 18.0 Å². The third-order valence-electron chi connectivity index (χ3n) is 1.66. The molecule has 5 nitrogen and oxygen atoms in total. The molecule has 0 unspecified atom stereocenters. The standard InChI is InChI=1S/C9H10N2O3S/c1-14-9-8(11(12)13)5-7(6-10-9)3-2-4-15/h2-3,5-6,15H,4H2,1H3. The van der Waals surface area contributed by atoms with Gasteiger partial charge in [-0.15, -0.1) is 0 Å². The highest BCUT2D eigenvalue weighted by atomic mass is 32.1. The van der Waals surface area contributed by atoms with Gasteiger partial charge in [0.25, 0.3) is 5.88 Å². The monoisotopic (exact) mass is 226 g/mol. The van der Waals surface area contributed by atoms with Gasteiger partial charge in [-0.05, 0) is 5.56 Å². The first-order valence-electron chi connectivity index (χ1n) is 4.15. The van der Waals surface area contributed by atoms with Crippen LogP contribution < -0.4 is 4.74 Å². The summed E-state index contributed by atoms with van der Waals surface area (Å²) in [5.41, 5.74) is 0.510. The van der Waals surface area contributed by atoms with Crippen molar-refractivity contribution in [2.24, 2.45) is 0 Å². The molecule has 0 N–H and O–H groups in total. The molecule has 0 bridgehead atoms. The maximum Gasteiger partial charge on any atom is 0.331 e. The van der Waals surface area contributed by atoms with Crippen LogP contribution >= 0.6 is 12.6 Å². The van der Waals surface area contributed by atoms with Crippen molar-refractivity contribution in [3.63, 3.8) is 0 Å². The second-order valence-corrected chi connectivity index (χ2v) is 3.00.